The van der Waals surface area contributed by atoms with Crippen LogP contribution in [0.4, 0.5) is 0 Å². The maximum Gasteiger partial charge on any atom is 0.328 e. The third kappa shape index (κ3) is 29.4. The Labute approximate surface area is 723 Å². The van der Waals surface area contributed by atoms with Gasteiger partial charge in [0.2, 0.25) is 76.8 Å². The molecular weight excluding hydrogens is 1640 g/mol. The minimum atomic E-state index is -1.82. The number of aromatic nitrogens is 7. The fourth-order valence-electron chi connectivity index (χ4n) is 13.0. The number of thiol groups is 1. The van der Waals surface area contributed by atoms with Crippen molar-refractivity contribution in [2.45, 2.75) is 171 Å². The zero-order chi connectivity index (χ0) is 90.1. The number of nitrogens with one attached hydrogen (secondary N) is 17. The average Bonchev–Trinajstić information content (AvgIpc) is 1.50. The van der Waals surface area contributed by atoms with Crippen LogP contribution in [0, 0.1) is 11.8 Å². The highest BCUT2D eigenvalue weighted by molar-refractivity contribution is 7.98. The molecule has 0 aliphatic rings. The van der Waals surface area contributed by atoms with E-state index < -0.39 is 198 Å². The van der Waals surface area contributed by atoms with E-state index in [0.29, 0.717) is 62.4 Å². The average molecular weight is 1750 g/mol. The Kier molecular flexibility index (Phi) is 37.4. The summed E-state index contributed by atoms with van der Waals surface area (Å²) in [6, 6.07) is 8.73. The molecule has 8 rings (SSSR count). The molecule has 41 heteroatoms. The molecule has 0 aliphatic heterocycles. The van der Waals surface area contributed by atoms with Gasteiger partial charge in [0, 0.05) is 103 Å². The number of aromatic hydroxyl groups is 1. The number of phenolic OH excluding ortho intramolecular Hbond substituents is 1. The van der Waals surface area contributed by atoms with Crippen molar-refractivity contribution in [1.82, 2.24) is 104 Å². The fraction of sp³-hybridized carbons (Fsp3) is 0.410. The zero-order valence-electron chi connectivity index (χ0n) is 68.9. The molecule has 23 N–H and O–H groups in total. The Morgan fingerprint density at radius 2 is 0.742 bits per heavy atom. The van der Waals surface area contributed by atoms with Gasteiger partial charge >= 0.3 is 5.97 Å². The van der Waals surface area contributed by atoms with Gasteiger partial charge in [-0.15, -0.1) is 0 Å². The number of phenols is 1. The molecule has 0 radical (unpaired) electrons. The number of hydrogen-bond acceptors (Lipinski definition) is 23. The van der Waals surface area contributed by atoms with Gasteiger partial charge in [0.05, 0.1) is 38.2 Å². The molecule has 13 amide bonds. The molecule has 4 aromatic heterocycles. The third-order valence-electron chi connectivity index (χ3n) is 20.1. The van der Waals surface area contributed by atoms with Gasteiger partial charge in [-0.25, -0.2) is 19.7 Å². The number of carboxylic acids is 1. The number of H-pyrrole nitrogens is 4. The Balaban J connectivity index is 1.01. The smallest absolute Gasteiger partial charge is 0.328 e. The van der Waals surface area contributed by atoms with Gasteiger partial charge in [0.25, 0.3) is 0 Å². The molecule has 39 nitrogen and oxygen atoms in total. The molecule has 0 bridgehead atoms. The number of hydrogen-bond donors (Lipinski definition) is 23. The van der Waals surface area contributed by atoms with E-state index >= 15 is 24.0 Å². The second kappa shape index (κ2) is 48.0. The summed E-state index contributed by atoms with van der Waals surface area (Å²) in [6.07, 6.45) is 10.4. The van der Waals surface area contributed by atoms with Crippen molar-refractivity contribution in [3.8, 4) is 5.75 Å². The van der Waals surface area contributed by atoms with Crippen molar-refractivity contribution < 1.29 is 87.5 Å². The number of aliphatic hydroxyl groups excluding tert-OH is 2. The summed E-state index contributed by atoms with van der Waals surface area (Å²) in [7, 11) is 0. The number of amides is 13. The number of carboxylic acid groups (broad SMARTS) is 1. The van der Waals surface area contributed by atoms with Crippen LogP contribution in [0.5, 0.6) is 5.75 Å². The van der Waals surface area contributed by atoms with Crippen molar-refractivity contribution in [3.05, 3.63) is 192 Å². The van der Waals surface area contributed by atoms with E-state index in [2.05, 4.69) is 117 Å². The lowest BCUT2D eigenvalue weighted by Crippen LogP contribution is -2.62. The zero-order valence-corrected chi connectivity index (χ0v) is 70.6. The SMILES string of the molecule is CSCC[C@H](N)C(=O)N[C@@H](C)C(=O)N[C@@H](Cc1cnc[nH]1)C(=O)N[C@@H](Cc1c[nH]c2ccccc12)C(=O)N[C@@H](Cc1cnc[nH]1)C(=O)N[C@H](C(=O)N[C@@H](Cc1ccccc1)C(=O)N[C@@H](Cc1ccc(O)cc1)C(=O)N[C@H](C(=O)N[C@@H](Cc1ccccc1)C(=O)N[C@@H](CO)C(=O)N[C@@H](CS)C(=O)N[C@@H](Cc1cnc[nH]1)C(=O)N[C@@H](CO)C(=O)O)C(C)C)C(C)C. The second-order valence-corrected chi connectivity index (χ2v) is 31.6. The van der Waals surface area contributed by atoms with Crippen LogP contribution in [0.1, 0.15) is 80.4 Å². The van der Waals surface area contributed by atoms with Crippen molar-refractivity contribution >= 4 is 118 Å². The minimum absolute atomic E-state index is 0.139. The summed E-state index contributed by atoms with van der Waals surface area (Å²) in [6.45, 7) is 5.74. The topological polar surface area (TPSA) is 604 Å². The van der Waals surface area contributed by atoms with Crippen molar-refractivity contribution in [1.29, 1.82) is 0 Å². The molecule has 0 spiro atoms. The van der Waals surface area contributed by atoms with Gasteiger partial charge in [-0.2, -0.15) is 24.4 Å². The van der Waals surface area contributed by atoms with E-state index in [-0.39, 0.29) is 50.7 Å². The number of fused-ring (bicyclic) bond motifs is 1. The van der Waals surface area contributed by atoms with Gasteiger partial charge < -0.3 is 115 Å². The Morgan fingerprint density at radius 1 is 0.395 bits per heavy atom. The highest BCUT2D eigenvalue weighted by Crippen LogP contribution is 2.21. The molecule has 124 heavy (non-hydrogen) atoms. The standard InChI is InChI=1S/C83H107N21O18S2/c1-44(2)68(81(119)99-59(28-48-17-11-8-12-18-48)73(111)100-65(38-105)79(117)102-67(40-123)80(118)97-63(32-52-36-86-42-90-52)76(114)101-66(39-106)83(121)122)103-77(115)60(29-49-21-23-54(107)24-22-49)94-72(110)58(27-47-15-9-7-10-16-47)98-82(120)69(45(3)4)104-78(116)64(33-53-37-87-43-91-53)96-74(112)61(30-50-34-88-57-20-14-13-19-55(50)57)95-75(113)62(31-51-35-85-41-89-51)93-70(108)46(5)92-71(109)56(84)25-26-124-6/h7-24,34-37,41-46,56,58-69,88,105-107,123H,25-33,38-40,84H2,1-6H3,(H,85,89)(H,86,90)(H,87,91)(H,92,109)(H,93,108)(H,94,110)(H,95,113)(H,96,112)(H,97,118)(H,98,120)(H,99,119)(H,100,111)(H,101,114)(H,102,117)(H,103,115)(H,104,116)(H,121,122)/t46-,56-,58-,59-,60-,61-,62-,63-,64-,65-,66-,67-,68-,69-/m0/s1. The van der Waals surface area contributed by atoms with Gasteiger partial charge in [-0.1, -0.05) is 119 Å². The van der Waals surface area contributed by atoms with E-state index in [0.717, 1.165) is 0 Å². The number of thioether (sulfide) groups is 1. The van der Waals surface area contributed by atoms with E-state index in [4.69, 9.17) is 5.73 Å². The lowest BCUT2D eigenvalue weighted by atomic mass is 9.98. The predicted octanol–water partition coefficient (Wildman–Crippen LogP) is -2.24. The quantitative estimate of drug-likeness (QED) is 0.0179. The number of carbonyl (C=O) groups is 14. The van der Waals surface area contributed by atoms with Gasteiger partial charge in [0.1, 0.15) is 84.3 Å². The molecule has 664 valence electrons. The van der Waals surface area contributed by atoms with Crippen LogP contribution in [-0.4, -0.2) is 254 Å². The summed E-state index contributed by atoms with van der Waals surface area (Å²) in [5.74, 6) is -15.0. The first-order valence-corrected chi connectivity index (χ1v) is 42.0. The van der Waals surface area contributed by atoms with Gasteiger partial charge in [-0.3, -0.25) is 62.3 Å². The molecule has 8 aromatic rings. The number of nitrogens with zero attached hydrogens (tertiary/aromatic N) is 3. The number of para-hydroxylation sites is 1. The number of benzene rings is 4. The largest absolute Gasteiger partial charge is 0.508 e. The lowest BCUT2D eigenvalue weighted by molar-refractivity contribution is -0.143. The molecule has 4 heterocycles. The number of nitrogens with two attached hydrogens (primary N) is 1. The molecule has 0 unspecified atom stereocenters. The van der Waals surface area contributed by atoms with E-state index in [1.165, 1.54) is 80.5 Å². The number of aliphatic carboxylic acids is 1. The lowest BCUT2D eigenvalue weighted by Gasteiger charge is -2.30. The van der Waals surface area contributed by atoms with Crippen molar-refractivity contribution in [2.24, 2.45) is 17.6 Å². The minimum Gasteiger partial charge on any atom is -0.508 e. The van der Waals surface area contributed by atoms with Crippen molar-refractivity contribution in [2.75, 3.05) is 31.0 Å². The molecule has 0 saturated carbocycles. The first-order valence-electron chi connectivity index (χ1n) is 39.9. The van der Waals surface area contributed by atoms with Gasteiger partial charge in [0.15, 0.2) is 0 Å². The third-order valence-corrected chi connectivity index (χ3v) is 21.1. The number of carbonyl (C=O) groups excluding carboxylic acids is 13. The first-order chi connectivity index (χ1) is 59.3. The van der Waals surface area contributed by atoms with Crippen LogP contribution in [0.25, 0.3) is 10.9 Å². The number of imidazole rings is 3. The summed E-state index contributed by atoms with van der Waals surface area (Å²) in [5, 5.41) is 74.7. The highest BCUT2D eigenvalue weighted by atomic mass is 32.2. The van der Waals surface area contributed by atoms with E-state index in [1.54, 1.807) is 113 Å². The molecule has 0 fully saturated rings. The van der Waals surface area contributed by atoms with E-state index in [9.17, 15) is 63.6 Å². The van der Waals surface area contributed by atoms with Crippen LogP contribution in [0.15, 0.2) is 153 Å². The fourth-order valence-corrected chi connectivity index (χ4v) is 13.8. The maximum absolute atomic E-state index is 15.3. The van der Waals surface area contributed by atoms with Crippen LogP contribution in [0.2, 0.25) is 0 Å². The highest BCUT2D eigenvalue weighted by Gasteiger charge is 2.40. The van der Waals surface area contributed by atoms with Crippen LogP contribution < -0.4 is 74.9 Å². The van der Waals surface area contributed by atoms with Crippen LogP contribution in [-0.2, 0) is 112 Å². The number of aromatic amines is 4. The summed E-state index contributed by atoms with van der Waals surface area (Å²) < 4.78 is 0. The summed E-state index contributed by atoms with van der Waals surface area (Å²) >= 11 is 5.70. The van der Waals surface area contributed by atoms with Crippen molar-refractivity contribution in [3.63, 3.8) is 0 Å². The normalized spacial score (nSPS) is 14.7. The molecular formula is C83H107N21O18S2. The summed E-state index contributed by atoms with van der Waals surface area (Å²) in [5.41, 5.74) is 9.87. The van der Waals surface area contributed by atoms with E-state index in [1.807, 2.05) is 12.3 Å². The molecule has 0 aliphatic carbocycles. The van der Waals surface area contributed by atoms with Crippen LogP contribution in [0.3, 0.4) is 0 Å². The molecule has 0 saturated heterocycles. The Hall–Kier alpha value is -13.0. The monoisotopic (exact) mass is 1750 g/mol. The molecule has 14 atom stereocenters. The first kappa shape index (κ1) is 96.5. The molecule has 4 aromatic carbocycles. The maximum atomic E-state index is 15.3. The second-order valence-electron chi connectivity index (χ2n) is 30.2. The Morgan fingerprint density at radius 3 is 1.14 bits per heavy atom. The summed E-state index contributed by atoms with van der Waals surface area (Å²) in [4.78, 5) is 224. The number of rotatable bonds is 49. The number of aliphatic hydroxyl groups is 2. The Bertz CT molecular complexity index is 4870. The van der Waals surface area contributed by atoms with Gasteiger partial charge in [-0.05, 0) is 77.6 Å². The predicted molar refractivity (Wildman–Crippen MR) is 458 cm³/mol. The van der Waals surface area contributed by atoms with Crippen LogP contribution >= 0.6 is 24.4 Å².